The van der Waals surface area contributed by atoms with E-state index in [1.54, 1.807) is 29.1 Å². The van der Waals surface area contributed by atoms with Crippen molar-refractivity contribution in [3.05, 3.63) is 89.2 Å². The molecule has 2 atom stereocenters. The molecule has 0 N–H and O–H groups in total. The molecule has 0 saturated carbocycles. The number of nitrogens with zero attached hydrogens (tertiary/aromatic N) is 3. The normalized spacial score (nSPS) is 20.2. The highest BCUT2D eigenvalue weighted by molar-refractivity contribution is 6.20. The van der Waals surface area contributed by atoms with Crippen LogP contribution < -0.4 is 0 Å². The average molecular weight is 417 g/mol. The topological polar surface area (TPSA) is 90.7 Å². The minimum absolute atomic E-state index is 0.223. The zero-order valence-electron chi connectivity index (χ0n) is 16.5. The van der Waals surface area contributed by atoms with Crippen LogP contribution in [0.1, 0.15) is 44.5 Å². The van der Waals surface area contributed by atoms with Crippen LogP contribution in [0.3, 0.4) is 0 Å². The van der Waals surface area contributed by atoms with Gasteiger partial charge in [-0.25, -0.2) is 4.79 Å². The minimum atomic E-state index is -0.676. The maximum atomic E-state index is 12.9. The maximum Gasteiger partial charge on any atom is 0.339 e. The van der Waals surface area contributed by atoms with Gasteiger partial charge in [-0.15, -0.1) is 0 Å². The van der Waals surface area contributed by atoms with E-state index in [4.69, 9.17) is 9.57 Å². The highest BCUT2D eigenvalue weighted by Gasteiger charge is 2.43. The van der Waals surface area contributed by atoms with E-state index in [2.05, 4.69) is 5.10 Å². The van der Waals surface area contributed by atoms with Crippen molar-refractivity contribution in [1.29, 1.82) is 0 Å². The molecule has 0 unspecified atom stereocenters. The summed E-state index contributed by atoms with van der Waals surface area (Å²) in [5.41, 5.74) is 2.25. The number of carbonyl (C=O) groups is 3. The predicted molar refractivity (Wildman–Crippen MR) is 108 cm³/mol. The van der Waals surface area contributed by atoms with Crippen molar-refractivity contribution in [2.24, 2.45) is 5.92 Å². The first kappa shape index (κ1) is 19.2. The van der Waals surface area contributed by atoms with Crippen molar-refractivity contribution in [2.45, 2.75) is 19.1 Å². The molecule has 1 saturated heterocycles. The van der Waals surface area contributed by atoms with Gasteiger partial charge in [-0.05, 0) is 30.2 Å². The molecule has 1 aromatic heterocycles. The Morgan fingerprint density at radius 3 is 2.39 bits per heavy atom. The molecule has 3 aromatic rings. The summed E-state index contributed by atoms with van der Waals surface area (Å²) in [6.45, 7) is 0.895. The summed E-state index contributed by atoms with van der Waals surface area (Å²) in [5, 5.41) is 4.92. The largest absolute Gasteiger partial charge is 0.371 e. The maximum absolute atomic E-state index is 12.9. The number of hydrogen-bond donors (Lipinski definition) is 0. The van der Waals surface area contributed by atoms with E-state index in [1.807, 2.05) is 30.3 Å². The summed E-state index contributed by atoms with van der Waals surface area (Å²) in [5.74, 6) is -2.61. The van der Waals surface area contributed by atoms with Gasteiger partial charge in [0.15, 0.2) is 0 Å². The van der Waals surface area contributed by atoms with Gasteiger partial charge in [-0.3, -0.25) is 14.3 Å². The van der Waals surface area contributed by atoms with Crippen LogP contribution >= 0.6 is 0 Å². The van der Waals surface area contributed by atoms with E-state index < -0.39 is 29.8 Å². The highest BCUT2D eigenvalue weighted by Crippen LogP contribution is 2.36. The third-order valence-corrected chi connectivity index (χ3v) is 5.55. The van der Waals surface area contributed by atoms with Crippen molar-refractivity contribution < 1.29 is 24.0 Å². The number of aromatic nitrogens is 2. The molecule has 0 radical (unpaired) electrons. The molecular weight excluding hydrogens is 398 g/mol. The summed E-state index contributed by atoms with van der Waals surface area (Å²) in [4.78, 5) is 43.2. The molecule has 0 spiro atoms. The first-order valence-electron chi connectivity index (χ1n) is 10.0. The Bertz CT molecular complexity index is 1120. The quantitative estimate of drug-likeness (QED) is 0.593. The van der Waals surface area contributed by atoms with Gasteiger partial charge in [-0.2, -0.15) is 5.10 Å². The summed E-state index contributed by atoms with van der Waals surface area (Å²) < 4.78 is 7.62. The van der Waals surface area contributed by atoms with E-state index in [0.717, 1.165) is 11.3 Å². The second-order valence-electron chi connectivity index (χ2n) is 7.45. The van der Waals surface area contributed by atoms with Gasteiger partial charge in [0.2, 0.25) is 0 Å². The van der Waals surface area contributed by atoms with Crippen molar-refractivity contribution in [3.63, 3.8) is 0 Å². The molecule has 156 valence electrons. The van der Waals surface area contributed by atoms with Crippen molar-refractivity contribution in [3.8, 4) is 0 Å². The Kier molecular flexibility index (Phi) is 4.83. The molecule has 5 rings (SSSR count). The Morgan fingerprint density at radius 1 is 1.00 bits per heavy atom. The fourth-order valence-electron chi connectivity index (χ4n) is 4.00. The molecule has 3 heterocycles. The van der Waals surface area contributed by atoms with Crippen LogP contribution in [0.15, 0.2) is 66.9 Å². The van der Waals surface area contributed by atoms with E-state index in [1.165, 1.54) is 12.1 Å². The zero-order valence-corrected chi connectivity index (χ0v) is 16.5. The first-order valence-corrected chi connectivity index (χ1v) is 10.0. The smallest absolute Gasteiger partial charge is 0.339 e. The fourth-order valence-corrected chi connectivity index (χ4v) is 4.00. The molecule has 0 bridgehead atoms. The second-order valence-corrected chi connectivity index (χ2v) is 7.45. The van der Waals surface area contributed by atoms with Crippen molar-refractivity contribution >= 4 is 17.8 Å². The van der Waals surface area contributed by atoms with E-state index in [0.29, 0.717) is 24.6 Å². The predicted octanol–water partition coefficient (Wildman–Crippen LogP) is 2.76. The lowest BCUT2D eigenvalue weighted by molar-refractivity contribution is -0.175. The van der Waals surface area contributed by atoms with E-state index in [-0.39, 0.29) is 11.1 Å². The summed E-state index contributed by atoms with van der Waals surface area (Å²) in [7, 11) is 0. The number of hydroxylamine groups is 2. The SMILES string of the molecule is O=C(ON1C(=O)c2ccccc2C1=O)[C@@H]1CCO[C@H]1c1ccnn1Cc1ccccc1. The van der Waals surface area contributed by atoms with Crippen molar-refractivity contribution in [2.75, 3.05) is 6.61 Å². The third-order valence-electron chi connectivity index (χ3n) is 5.55. The van der Waals surface area contributed by atoms with Gasteiger partial charge >= 0.3 is 5.97 Å². The number of benzene rings is 2. The van der Waals surface area contributed by atoms with Gasteiger partial charge in [0, 0.05) is 12.8 Å². The number of fused-ring (bicyclic) bond motifs is 1. The molecule has 2 aliphatic heterocycles. The van der Waals surface area contributed by atoms with E-state index >= 15 is 0 Å². The van der Waals surface area contributed by atoms with Crippen LogP contribution in [0.4, 0.5) is 0 Å². The standard InChI is InChI=1S/C23H19N3O5/c27-21-16-8-4-5-9-17(16)22(28)26(21)31-23(29)18-11-13-30-20(18)19-10-12-24-25(19)14-15-6-2-1-3-7-15/h1-10,12,18,20H,11,13-14H2/t18-,20-/m1/s1. The summed E-state index contributed by atoms with van der Waals surface area (Å²) in [6.07, 6.45) is 1.50. The Labute approximate surface area is 177 Å². The highest BCUT2D eigenvalue weighted by atomic mass is 16.7. The molecule has 2 amide bonds. The Morgan fingerprint density at radius 2 is 1.68 bits per heavy atom. The lowest BCUT2D eigenvalue weighted by Gasteiger charge is -2.20. The molecule has 2 aromatic carbocycles. The lowest BCUT2D eigenvalue weighted by Crippen LogP contribution is -2.36. The summed E-state index contributed by atoms with van der Waals surface area (Å²) >= 11 is 0. The van der Waals surface area contributed by atoms with Crippen molar-refractivity contribution in [1.82, 2.24) is 14.8 Å². The van der Waals surface area contributed by atoms with Crippen LogP contribution in [0, 0.1) is 5.92 Å². The number of ether oxygens (including phenoxy) is 1. The monoisotopic (exact) mass is 417 g/mol. The fraction of sp³-hybridized carbons (Fsp3) is 0.217. The number of rotatable bonds is 5. The van der Waals surface area contributed by atoms with Crippen LogP contribution in [-0.2, 0) is 20.9 Å². The van der Waals surface area contributed by atoms with Gasteiger partial charge in [0.05, 0.1) is 29.3 Å². The zero-order chi connectivity index (χ0) is 21.4. The molecule has 8 nitrogen and oxygen atoms in total. The Hall–Kier alpha value is -3.78. The lowest BCUT2D eigenvalue weighted by atomic mass is 9.99. The summed E-state index contributed by atoms with van der Waals surface area (Å²) in [6, 6.07) is 18.0. The van der Waals surface area contributed by atoms with E-state index in [9.17, 15) is 14.4 Å². The number of amides is 2. The van der Waals surface area contributed by atoms with Crippen LogP contribution in [-0.4, -0.2) is 39.2 Å². The van der Waals surface area contributed by atoms with Crippen LogP contribution in [0.2, 0.25) is 0 Å². The number of carbonyl (C=O) groups excluding carboxylic acids is 3. The molecule has 0 aliphatic carbocycles. The molecule has 8 heteroatoms. The molecule has 1 fully saturated rings. The number of hydrogen-bond acceptors (Lipinski definition) is 6. The molecular formula is C23H19N3O5. The third kappa shape index (κ3) is 3.40. The molecule has 2 aliphatic rings. The number of imide groups is 1. The van der Waals surface area contributed by atoms with Gasteiger partial charge in [0.1, 0.15) is 6.10 Å². The average Bonchev–Trinajstić information content (AvgIpc) is 3.50. The Balaban J connectivity index is 1.34. The molecule has 31 heavy (non-hydrogen) atoms. The van der Waals surface area contributed by atoms with Crippen LogP contribution in [0.5, 0.6) is 0 Å². The minimum Gasteiger partial charge on any atom is -0.371 e. The van der Waals surface area contributed by atoms with Gasteiger partial charge in [-0.1, -0.05) is 47.5 Å². The second kappa shape index (κ2) is 7.81. The van der Waals surface area contributed by atoms with Gasteiger partial charge < -0.3 is 9.57 Å². The van der Waals surface area contributed by atoms with Gasteiger partial charge in [0.25, 0.3) is 11.8 Å². The van der Waals surface area contributed by atoms with Crippen LogP contribution in [0.25, 0.3) is 0 Å². The first-order chi connectivity index (χ1) is 15.1.